The number of carbonyl (C=O) groups is 2. The number of hydrogen-bond acceptors (Lipinski definition) is 6. The summed E-state index contributed by atoms with van der Waals surface area (Å²) in [5, 5.41) is 3.67. The Morgan fingerprint density at radius 1 is 1.20 bits per heavy atom. The van der Waals surface area contributed by atoms with Gasteiger partial charge in [-0.3, -0.25) is 9.59 Å². The van der Waals surface area contributed by atoms with Crippen molar-refractivity contribution >= 4 is 11.9 Å². The molecule has 0 bridgehead atoms. The van der Waals surface area contributed by atoms with Gasteiger partial charge in [0.15, 0.2) is 6.73 Å². The monoisotopic (exact) mass is 218 g/mol. The molecule has 0 aromatic carbocycles. The van der Waals surface area contributed by atoms with Crippen LogP contribution < -0.4 is 0 Å². The summed E-state index contributed by atoms with van der Waals surface area (Å²) in [6.07, 6.45) is 0.451. The number of ether oxygens (including phenoxy) is 2. The van der Waals surface area contributed by atoms with E-state index >= 15 is 0 Å². The molecule has 7 nitrogen and oxygen atoms in total. The second kappa shape index (κ2) is 7.72. The molecule has 0 aliphatic rings. The summed E-state index contributed by atoms with van der Waals surface area (Å²) in [5.74, 6) is -0.857. The van der Waals surface area contributed by atoms with Crippen molar-refractivity contribution in [2.75, 3.05) is 19.9 Å². The summed E-state index contributed by atoms with van der Waals surface area (Å²) >= 11 is 0. The Morgan fingerprint density at radius 2 is 1.80 bits per heavy atom. The zero-order valence-electron chi connectivity index (χ0n) is 8.76. The summed E-state index contributed by atoms with van der Waals surface area (Å²) in [6.45, 7) is 2.83. The minimum Gasteiger partial charge on any atom is -0.466 e. The quantitative estimate of drug-likeness (QED) is 0.203. The lowest BCUT2D eigenvalue weighted by atomic mass is 10.4. The fraction of sp³-hybridized carbons (Fsp3) is 0.750. The Kier molecular flexibility index (Phi) is 6.86. The van der Waals surface area contributed by atoms with Crippen molar-refractivity contribution in [3.8, 4) is 0 Å². The first-order chi connectivity index (χ1) is 7.06. The van der Waals surface area contributed by atoms with E-state index in [1.54, 1.807) is 0 Å². The summed E-state index contributed by atoms with van der Waals surface area (Å²) in [6, 6.07) is 0. The van der Waals surface area contributed by atoms with E-state index in [-0.39, 0.29) is 25.9 Å². The van der Waals surface area contributed by atoms with Crippen LogP contribution in [0.25, 0.3) is 0 Å². The molecule has 0 saturated carbocycles. The fourth-order valence-electron chi connectivity index (χ4n) is 0.757. The molecule has 0 aliphatic heterocycles. The number of esters is 2. The third-order valence-corrected chi connectivity index (χ3v) is 1.40. The molecule has 0 saturated heterocycles. The van der Waals surface area contributed by atoms with E-state index in [1.165, 1.54) is 13.8 Å². The largest absolute Gasteiger partial charge is 0.466 e. The van der Waals surface area contributed by atoms with Crippen molar-refractivity contribution in [1.29, 1.82) is 0 Å². The van der Waals surface area contributed by atoms with Crippen molar-refractivity contribution in [2.24, 2.45) is 5.29 Å². The van der Waals surface area contributed by atoms with Crippen molar-refractivity contribution < 1.29 is 19.1 Å². The Morgan fingerprint density at radius 3 is 2.27 bits per heavy atom. The Labute approximate surface area is 87.3 Å². The highest BCUT2D eigenvalue weighted by atomic mass is 16.6. The number of nitrogens with zero attached hydrogens (tertiary/aromatic N) is 2. The second-order valence-electron chi connectivity index (χ2n) is 2.77. The van der Waals surface area contributed by atoms with Gasteiger partial charge in [0.2, 0.25) is 0 Å². The van der Waals surface area contributed by atoms with Crippen LogP contribution >= 0.6 is 0 Å². The van der Waals surface area contributed by atoms with Crippen LogP contribution in [0.1, 0.15) is 20.3 Å². The molecule has 0 heterocycles. The smallest absolute Gasteiger partial charge is 0.304 e. The molecule has 0 N–H and O–H groups in total. The first-order valence-electron chi connectivity index (χ1n) is 4.41. The van der Waals surface area contributed by atoms with Crippen molar-refractivity contribution in [3.63, 3.8) is 0 Å². The maximum atomic E-state index is 10.4. The number of carbonyl (C=O) groups excluding carboxylic acids is 2. The predicted molar refractivity (Wildman–Crippen MR) is 50.4 cm³/mol. The van der Waals surface area contributed by atoms with Gasteiger partial charge < -0.3 is 9.47 Å². The first-order valence-corrected chi connectivity index (χ1v) is 4.41. The molecule has 0 rings (SSSR count). The number of nitroso groups, excluding NO2 is 1. The normalized spacial score (nSPS) is 9.20. The van der Waals surface area contributed by atoms with Crippen molar-refractivity contribution in [1.82, 2.24) is 5.01 Å². The number of hydrogen-bond donors (Lipinski definition) is 0. The average Bonchev–Trinajstić information content (AvgIpc) is 2.16. The zero-order chi connectivity index (χ0) is 11.7. The molecule has 0 atom stereocenters. The Bertz CT molecular complexity index is 231. The molecule has 0 fully saturated rings. The van der Waals surface area contributed by atoms with E-state index in [9.17, 15) is 14.5 Å². The molecular weight excluding hydrogens is 204 g/mol. The summed E-state index contributed by atoms with van der Waals surface area (Å²) in [4.78, 5) is 31.0. The molecule has 86 valence electrons. The fourth-order valence-corrected chi connectivity index (χ4v) is 0.757. The molecular formula is C8H14N2O5. The molecule has 0 aliphatic carbocycles. The average molecular weight is 218 g/mol. The van der Waals surface area contributed by atoms with Gasteiger partial charge in [0, 0.05) is 26.8 Å². The minimum absolute atomic E-state index is 0.182. The third-order valence-electron chi connectivity index (χ3n) is 1.40. The Hall–Kier alpha value is -1.66. The summed E-state index contributed by atoms with van der Waals surface area (Å²) in [5.41, 5.74) is 0. The highest BCUT2D eigenvalue weighted by Gasteiger charge is 2.04. The third kappa shape index (κ3) is 8.66. The number of rotatable bonds is 7. The van der Waals surface area contributed by atoms with Gasteiger partial charge in [-0.1, -0.05) is 0 Å². The van der Waals surface area contributed by atoms with E-state index in [2.05, 4.69) is 14.8 Å². The van der Waals surface area contributed by atoms with Gasteiger partial charge in [0.25, 0.3) is 0 Å². The topological polar surface area (TPSA) is 85.3 Å². The van der Waals surface area contributed by atoms with Crippen LogP contribution in [-0.4, -0.2) is 36.8 Å². The summed E-state index contributed by atoms with van der Waals surface area (Å²) < 4.78 is 9.20. The molecule has 7 heteroatoms. The lowest BCUT2D eigenvalue weighted by Crippen LogP contribution is -2.24. The predicted octanol–water partition coefficient (Wildman–Crippen LogP) is 0.444. The van der Waals surface area contributed by atoms with E-state index in [0.29, 0.717) is 6.42 Å². The van der Waals surface area contributed by atoms with Crippen molar-refractivity contribution in [3.05, 3.63) is 4.91 Å². The van der Waals surface area contributed by atoms with Crippen LogP contribution in [0, 0.1) is 4.91 Å². The SMILES string of the molecule is CC(=O)OCCCN(COC(C)=O)N=O. The van der Waals surface area contributed by atoms with Gasteiger partial charge in [-0.2, -0.15) is 0 Å². The molecule has 0 aromatic rings. The highest BCUT2D eigenvalue weighted by Crippen LogP contribution is 1.94. The van der Waals surface area contributed by atoms with E-state index in [1.807, 2.05) is 0 Å². The van der Waals surface area contributed by atoms with Gasteiger partial charge in [-0.25, -0.2) is 5.01 Å². The maximum absolute atomic E-state index is 10.4. The maximum Gasteiger partial charge on any atom is 0.304 e. The molecule has 0 spiro atoms. The molecule has 0 aromatic heterocycles. The van der Waals surface area contributed by atoms with Gasteiger partial charge in [0.05, 0.1) is 11.9 Å². The lowest BCUT2D eigenvalue weighted by molar-refractivity contribution is -0.145. The first kappa shape index (κ1) is 13.3. The van der Waals surface area contributed by atoms with Crippen LogP contribution in [0.2, 0.25) is 0 Å². The second-order valence-corrected chi connectivity index (χ2v) is 2.77. The van der Waals surface area contributed by atoms with Gasteiger partial charge in [-0.15, -0.1) is 4.91 Å². The van der Waals surface area contributed by atoms with E-state index < -0.39 is 5.97 Å². The van der Waals surface area contributed by atoms with Gasteiger partial charge in [0.1, 0.15) is 0 Å². The minimum atomic E-state index is -0.483. The van der Waals surface area contributed by atoms with Crippen molar-refractivity contribution in [2.45, 2.75) is 20.3 Å². The molecule has 0 amide bonds. The van der Waals surface area contributed by atoms with Crippen LogP contribution in [0.3, 0.4) is 0 Å². The standard InChI is InChI=1S/C8H14N2O5/c1-7(11)14-5-3-4-10(9-13)6-15-8(2)12/h3-6H2,1-2H3. The molecule has 15 heavy (non-hydrogen) atoms. The van der Waals surface area contributed by atoms with Crippen LogP contribution in [0.5, 0.6) is 0 Å². The van der Waals surface area contributed by atoms with Crippen LogP contribution in [0.15, 0.2) is 5.29 Å². The lowest BCUT2D eigenvalue weighted by Gasteiger charge is -2.13. The van der Waals surface area contributed by atoms with E-state index in [4.69, 9.17) is 0 Å². The highest BCUT2D eigenvalue weighted by molar-refractivity contribution is 5.66. The van der Waals surface area contributed by atoms with Crippen LogP contribution in [-0.2, 0) is 19.1 Å². The Balaban J connectivity index is 3.57. The van der Waals surface area contributed by atoms with Gasteiger partial charge >= 0.3 is 11.9 Å². The van der Waals surface area contributed by atoms with E-state index in [0.717, 1.165) is 5.01 Å². The molecule has 0 radical (unpaired) electrons. The molecule has 0 unspecified atom stereocenters. The van der Waals surface area contributed by atoms with Gasteiger partial charge in [-0.05, 0) is 0 Å². The van der Waals surface area contributed by atoms with Crippen LogP contribution in [0.4, 0.5) is 0 Å². The zero-order valence-corrected chi connectivity index (χ0v) is 8.76. The summed E-state index contributed by atoms with van der Waals surface area (Å²) in [7, 11) is 0.